The van der Waals surface area contributed by atoms with Crippen molar-refractivity contribution >= 4 is 23.0 Å². The van der Waals surface area contributed by atoms with Gasteiger partial charge in [-0.3, -0.25) is 10.2 Å². The molecule has 1 aromatic carbocycles. The summed E-state index contributed by atoms with van der Waals surface area (Å²) in [6.45, 7) is 3.54. The maximum Gasteiger partial charge on any atom is 0.237 e. The lowest BCUT2D eigenvalue weighted by atomic mass is 10.2. The van der Waals surface area contributed by atoms with E-state index in [4.69, 9.17) is 15.3 Å². The monoisotopic (exact) mass is 285 g/mol. The molecule has 0 spiro atoms. The van der Waals surface area contributed by atoms with Crippen molar-refractivity contribution in [3.05, 3.63) is 18.2 Å². The third kappa shape index (κ3) is 4.51. The molecule has 108 valence electrons. The van der Waals surface area contributed by atoms with Gasteiger partial charge < -0.3 is 10.1 Å². The molecule has 1 amide bonds. The quantitative estimate of drug-likeness (QED) is 0.635. The summed E-state index contributed by atoms with van der Waals surface area (Å²) >= 11 is 0. The predicted molar refractivity (Wildman–Crippen MR) is 78.7 cm³/mol. The van der Waals surface area contributed by atoms with E-state index in [1.807, 2.05) is 0 Å². The van der Waals surface area contributed by atoms with Crippen molar-refractivity contribution in [3.8, 4) is 17.9 Å². The third-order valence-corrected chi connectivity index (χ3v) is 2.51. The smallest absolute Gasteiger partial charge is 0.237 e. The zero-order chi connectivity index (χ0) is 15.8. The number of carbonyl (C=O) groups excluding carboxylic acids is 1. The average molecular weight is 285 g/mol. The molecule has 2 N–H and O–H groups in total. The number of ether oxygens (including phenoxy) is 1. The lowest BCUT2D eigenvalue weighted by molar-refractivity contribution is -0.118. The Bertz CT molecular complexity index is 622. The van der Waals surface area contributed by atoms with Crippen molar-refractivity contribution in [2.75, 3.05) is 17.9 Å². The molecule has 1 rings (SSSR count). The molecule has 0 unspecified atom stereocenters. The molecule has 21 heavy (non-hydrogen) atoms. The molecule has 0 radical (unpaired) electrons. The van der Waals surface area contributed by atoms with Gasteiger partial charge in [-0.2, -0.15) is 15.6 Å². The van der Waals surface area contributed by atoms with Crippen LogP contribution in [-0.2, 0) is 4.79 Å². The van der Waals surface area contributed by atoms with E-state index in [2.05, 4.69) is 15.8 Å². The minimum atomic E-state index is -0.320. The molecule has 0 saturated carbocycles. The molecule has 0 aliphatic rings. The maximum absolute atomic E-state index is 11.8. The second-order valence-electron chi connectivity index (χ2n) is 4.35. The second-order valence-corrected chi connectivity index (χ2v) is 4.35. The van der Waals surface area contributed by atoms with Gasteiger partial charge in [-0.1, -0.05) is 13.8 Å². The van der Waals surface area contributed by atoms with Gasteiger partial charge in [0.05, 0.1) is 18.5 Å². The van der Waals surface area contributed by atoms with Gasteiger partial charge in [0.1, 0.15) is 17.9 Å². The van der Waals surface area contributed by atoms with Crippen LogP contribution in [0.1, 0.15) is 13.8 Å². The van der Waals surface area contributed by atoms with Gasteiger partial charge in [-0.05, 0) is 12.1 Å². The van der Waals surface area contributed by atoms with Crippen molar-refractivity contribution in [2.45, 2.75) is 13.8 Å². The first-order valence-corrected chi connectivity index (χ1v) is 6.14. The van der Waals surface area contributed by atoms with Crippen molar-refractivity contribution < 1.29 is 9.53 Å². The Morgan fingerprint density at radius 1 is 1.29 bits per heavy atom. The number of hydrogen-bond acceptors (Lipinski definition) is 6. The topological polar surface area (TPSA) is 110 Å². The highest BCUT2D eigenvalue weighted by Gasteiger charge is 2.11. The first-order valence-electron chi connectivity index (χ1n) is 6.14. The van der Waals surface area contributed by atoms with Gasteiger partial charge in [0.25, 0.3) is 0 Å². The van der Waals surface area contributed by atoms with Crippen LogP contribution in [-0.4, -0.2) is 18.7 Å². The van der Waals surface area contributed by atoms with Crippen molar-refractivity contribution in [1.29, 1.82) is 10.5 Å². The fraction of sp³-hybridized carbons (Fsp3) is 0.286. The number of amides is 1. The highest BCUT2D eigenvalue weighted by atomic mass is 16.5. The predicted octanol–water partition coefficient (Wildman–Crippen LogP) is 2.10. The highest BCUT2D eigenvalue weighted by molar-refractivity contribution is 6.10. The highest BCUT2D eigenvalue weighted by Crippen LogP contribution is 2.27. The Balaban J connectivity index is 3.09. The van der Waals surface area contributed by atoms with Crippen molar-refractivity contribution in [2.24, 2.45) is 11.0 Å². The minimum absolute atomic E-state index is 0.159. The van der Waals surface area contributed by atoms with Gasteiger partial charge in [-0.25, -0.2) is 0 Å². The van der Waals surface area contributed by atoms with Gasteiger partial charge in [0, 0.05) is 12.0 Å². The minimum Gasteiger partial charge on any atom is -0.497 e. The Labute approximate surface area is 122 Å². The van der Waals surface area contributed by atoms with Crippen molar-refractivity contribution in [1.82, 2.24) is 0 Å². The normalized spacial score (nSPS) is 9.24. The van der Waals surface area contributed by atoms with E-state index in [0.717, 1.165) is 0 Å². The fourth-order valence-corrected chi connectivity index (χ4v) is 1.32. The van der Waals surface area contributed by atoms with Gasteiger partial charge in [0.2, 0.25) is 11.6 Å². The number of hydrogen-bond donors (Lipinski definition) is 2. The van der Waals surface area contributed by atoms with Gasteiger partial charge >= 0.3 is 0 Å². The first-order chi connectivity index (χ1) is 10.0. The number of anilines is 2. The van der Waals surface area contributed by atoms with E-state index in [1.165, 1.54) is 7.11 Å². The zero-order valence-electron chi connectivity index (χ0n) is 12.0. The Hall–Kier alpha value is -3.06. The molecule has 0 bridgehead atoms. The average Bonchev–Trinajstić information content (AvgIpc) is 2.49. The summed E-state index contributed by atoms with van der Waals surface area (Å²) < 4.78 is 5.09. The SMILES string of the molecule is COc1ccc(NC(=O)C(C)C)c(NN=C(C#N)C#N)c1. The molecule has 0 aliphatic heterocycles. The van der Waals surface area contributed by atoms with E-state index >= 15 is 0 Å². The fourth-order valence-electron chi connectivity index (χ4n) is 1.32. The third-order valence-electron chi connectivity index (χ3n) is 2.51. The summed E-state index contributed by atoms with van der Waals surface area (Å²) in [6, 6.07) is 8.21. The number of hydrazone groups is 1. The lowest BCUT2D eigenvalue weighted by Crippen LogP contribution is -2.18. The largest absolute Gasteiger partial charge is 0.497 e. The second kappa shape index (κ2) is 7.51. The summed E-state index contributed by atoms with van der Waals surface area (Å²) in [7, 11) is 1.50. The van der Waals surface area contributed by atoms with Crippen LogP contribution >= 0.6 is 0 Å². The summed E-state index contributed by atoms with van der Waals surface area (Å²) in [5.74, 6) is 0.205. The Morgan fingerprint density at radius 3 is 2.48 bits per heavy atom. The van der Waals surface area contributed by atoms with Crippen LogP contribution in [0.25, 0.3) is 0 Å². The molecule has 0 atom stereocenters. The Morgan fingerprint density at radius 2 is 1.95 bits per heavy atom. The zero-order valence-corrected chi connectivity index (χ0v) is 12.0. The summed E-state index contributed by atoms with van der Waals surface area (Å²) in [5.41, 5.74) is 3.16. The molecule has 0 heterocycles. The lowest BCUT2D eigenvalue weighted by Gasteiger charge is -2.13. The summed E-state index contributed by atoms with van der Waals surface area (Å²) in [6.07, 6.45) is 0. The number of nitriles is 2. The molecule has 1 aromatic rings. The molecule has 0 aromatic heterocycles. The summed E-state index contributed by atoms with van der Waals surface area (Å²) in [5, 5.41) is 23.7. The number of methoxy groups -OCH3 is 1. The van der Waals surface area contributed by atoms with E-state index in [1.54, 1.807) is 44.2 Å². The standard InChI is InChI=1S/C14H15N5O2/c1-9(2)14(20)17-12-5-4-11(21-3)6-13(12)19-18-10(7-15)8-16/h4-6,9,19H,1-3H3,(H,17,20). The number of rotatable bonds is 5. The molecule has 7 heteroatoms. The summed E-state index contributed by atoms with van der Waals surface area (Å²) in [4.78, 5) is 11.8. The first kappa shape index (κ1) is 16.0. The molecule has 0 aliphatic carbocycles. The molecular weight excluding hydrogens is 270 g/mol. The van der Waals surface area contributed by atoms with E-state index in [9.17, 15) is 4.79 Å². The van der Waals surface area contributed by atoms with E-state index in [0.29, 0.717) is 17.1 Å². The number of carbonyl (C=O) groups is 1. The van der Waals surface area contributed by atoms with Crippen LogP contribution in [0.4, 0.5) is 11.4 Å². The van der Waals surface area contributed by atoms with E-state index < -0.39 is 0 Å². The van der Waals surface area contributed by atoms with Crippen molar-refractivity contribution in [3.63, 3.8) is 0 Å². The number of nitrogens with zero attached hydrogens (tertiary/aromatic N) is 3. The van der Waals surface area contributed by atoms with Gasteiger partial charge in [0.15, 0.2) is 0 Å². The molecule has 0 saturated heterocycles. The number of benzene rings is 1. The number of nitrogens with one attached hydrogen (secondary N) is 2. The Kier molecular flexibility index (Phi) is 5.72. The van der Waals surface area contributed by atoms with Crippen LogP contribution < -0.4 is 15.5 Å². The molecular formula is C14H15N5O2. The molecule has 7 nitrogen and oxygen atoms in total. The van der Waals surface area contributed by atoms with Crippen LogP contribution in [0.15, 0.2) is 23.3 Å². The van der Waals surface area contributed by atoms with E-state index in [-0.39, 0.29) is 17.5 Å². The maximum atomic E-state index is 11.8. The molecule has 0 fully saturated rings. The van der Waals surface area contributed by atoms with Crippen LogP contribution in [0.3, 0.4) is 0 Å². The van der Waals surface area contributed by atoms with Crippen LogP contribution in [0.5, 0.6) is 5.75 Å². The van der Waals surface area contributed by atoms with Gasteiger partial charge in [-0.15, -0.1) is 0 Å². The van der Waals surface area contributed by atoms with Crippen LogP contribution in [0, 0.1) is 28.6 Å². The van der Waals surface area contributed by atoms with Crippen LogP contribution in [0.2, 0.25) is 0 Å².